The number of aromatic amines is 1. The zero-order valence-corrected chi connectivity index (χ0v) is 11.2. The van der Waals surface area contributed by atoms with Gasteiger partial charge in [0, 0.05) is 18.8 Å². The van der Waals surface area contributed by atoms with Crippen LogP contribution in [0.15, 0.2) is 23.0 Å². The average molecular weight is 274 g/mol. The first kappa shape index (κ1) is 12.9. The maximum absolute atomic E-state index is 12.0. The Morgan fingerprint density at radius 2 is 2.35 bits per heavy atom. The molecule has 1 aromatic carbocycles. The molecule has 3 rings (SSSR count). The predicted octanol–water partition coefficient (Wildman–Crippen LogP) is 1.49. The first-order chi connectivity index (χ1) is 9.72. The van der Waals surface area contributed by atoms with Gasteiger partial charge in [0.1, 0.15) is 0 Å². The minimum atomic E-state index is -0.186. The standard InChI is InChI=1S/C14H18N4O2/c15-9-4-5-12-11(7-9)13(19)18-14(17-12)16-8-10-3-1-2-6-20-10/h4-5,7,10H,1-3,6,8,15H2,(H2,16,17,18,19). The summed E-state index contributed by atoms with van der Waals surface area (Å²) in [6, 6.07) is 5.13. The molecule has 1 atom stereocenters. The fourth-order valence-electron chi connectivity index (χ4n) is 2.42. The molecule has 1 fully saturated rings. The number of nitrogens with two attached hydrogens (primary N) is 1. The summed E-state index contributed by atoms with van der Waals surface area (Å²) in [7, 11) is 0. The molecule has 1 aromatic heterocycles. The molecule has 1 saturated heterocycles. The number of hydrogen-bond donors (Lipinski definition) is 3. The molecule has 2 heterocycles. The van der Waals surface area contributed by atoms with Gasteiger partial charge in [-0.05, 0) is 37.5 Å². The lowest BCUT2D eigenvalue weighted by Crippen LogP contribution is -2.28. The summed E-state index contributed by atoms with van der Waals surface area (Å²) in [5.41, 5.74) is 6.68. The number of ether oxygens (including phenoxy) is 1. The van der Waals surface area contributed by atoms with Crippen LogP contribution >= 0.6 is 0 Å². The SMILES string of the molecule is Nc1ccc2nc(NCC3CCCCO3)[nH]c(=O)c2c1. The summed E-state index contributed by atoms with van der Waals surface area (Å²) in [5, 5.41) is 3.64. The molecule has 1 unspecified atom stereocenters. The quantitative estimate of drug-likeness (QED) is 0.737. The van der Waals surface area contributed by atoms with Crippen molar-refractivity contribution in [2.75, 3.05) is 24.2 Å². The third-order valence-corrected chi connectivity index (χ3v) is 3.50. The maximum atomic E-state index is 12.0. The first-order valence-electron chi connectivity index (χ1n) is 6.87. The predicted molar refractivity (Wildman–Crippen MR) is 78.9 cm³/mol. The zero-order valence-electron chi connectivity index (χ0n) is 11.2. The Hall–Kier alpha value is -2.08. The molecular weight excluding hydrogens is 256 g/mol. The Bertz CT molecular complexity index is 662. The molecule has 20 heavy (non-hydrogen) atoms. The van der Waals surface area contributed by atoms with Gasteiger partial charge in [0.25, 0.3) is 5.56 Å². The van der Waals surface area contributed by atoms with Gasteiger partial charge < -0.3 is 15.8 Å². The Kier molecular flexibility index (Phi) is 3.56. The van der Waals surface area contributed by atoms with Gasteiger partial charge in [-0.1, -0.05) is 0 Å². The van der Waals surface area contributed by atoms with Crippen molar-refractivity contribution in [3.63, 3.8) is 0 Å². The molecule has 6 nitrogen and oxygen atoms in total. The van der Waals surface area contributed by atoms with Crippen molar-refractivity contribution in [2.24, 2.45) is 0 Å². The second kappa shape index (κ2) is 5.50. The Labute approximate surface area is 116 Å². The first-order valence-corrected chi connectivity index (χ1v) is 6.87. The van der Waals surface area contributed by atoms with E-state index in [1.807, 2.05) is 0 Å². The van der Waals surface area contributed by atoms with Crippen molar-refractivity contribution >= 4 is 22.5 Å². The lowest BCUT2D eigenvalue weighted by molar-refractivity contribution is 0.0247. The van der Waals surface area contributed by atoms with Gasteiger partial charge >= 0.3 is 0 Å². The number of rotatable bonds is 3. The van der Waals surface area contributed by atoms with Crippen LogP contribution in [0.4, 0.5) is 11.6 Å². The van der Waals surface area contributed by atoms with Crippen LogP contribution in [0.3, 0.4) is 0 Å². The van der Waals surface area contributed by atoms with Crippen molar-refractivity contribution in [1.29, 1.82) is 0 Å². The van der Waals surface area contributed by atoms with Crippen molar-refractivity contribution in [3.05, 3.63) is 28.6 Å². The summed E-state index contributed by atoms with van der Waals surface area (Å²) in [4.78, 5) is 19.1. The van der Waals surface area contributed by atoms with Crippen LogP contribution in [-0.2, 0) is 4.74 Å². The van der Waals surface area contributed by atoms with Gasteiger partial charge in [0.2, 0.25) is 5.95 Å². The number of anilines is 2. The van der Waals surface area contributed by atoms with Gasteiger partial charge in [-0.3, -0.25) is 9.78 Å². The monoisotopic (exact) mass is 274 g/mol. The molecule has 6 heteroatoms. The highest BCUT2D eigenvalue weighted by Crippen LogP contribution is 2.15. The number of hydrogen-bond acceptors (Lipinski definition) is 5. The van der Waals surface area contributed by atoms with Crippen LogP contribution in [0.5, 0.6) is 0 Å². The van der Waals surface area contributed by atoms with E-state index in [2.05, 4.69) is 15.3 Å². The molecule has 0 bridgehead atoms. The van der Waals surface area contributed by atoms with E-state index < -0.39 is 0 Å². The van der Waals surface area contributed by atoms with Crippen LogP contribution in [-0.4, -0.2) is 29.2 Å². The highest BCUT2D eigenvalue weighted by atomic mass is 16.5. The Morgan fingerprint density at radius 3 is 3.15 bits per heavy atom. The molecule has 1 aliphatic heterocycles. The van der Waals surface area contributed by atoms with Gasteiger partial charge in [-0.2, -0.15) is 0 Å². The summed E-state index contributed by atoms with van der Waals surface area (Å²) in [6.07, 6.45) is 3.55. The van der Waals surface area contributed by atoms with E-state index >= 15 is 0 Å². The molecule has 0 saturated carbocycles. The largest absolute Gasteiger partial charge is 0.399 e. The summed E-state index contributed by atoms with van der Waals surface area (Å²) in [6.45, 7) is 1.47. The lowest BCUT2D eigenvalue weighted by atomic mass is 10.1. The van der Waals surface area contributed by atoms with Gasteiger partial charge in [-0.25, -0.2) is 4.98 Å². The van der Waals surface area contributed by atoms with Crippen molar-refractivity contribution < 1.29 is 4.74 Å². The molecule has 4 N–H and O–H groups in total. The van der Waals surface area contributed by atoms with Gasteiger partial charge in [0.15, 0.2) is 0 Å². The smallest absolute Gasteiger partial charge is 0.260 e. The molecule has 106 valence electrons. The molecule has 0 aliphatic carbocycles. The van der Waals surface area contributed by atoms with Crippen molar-refractivity contribution in [3.8, 4) is 0 Å². The minimum Gasteiger partial charge on any atom is -0.399 e. The Balaban J connectivity index is 1.78. The number of benzene rings is 1. The number of H-pyrrole nitrogens is 1. The van der Waals surface area contributed by atoms with E-state index in [0.29, 0.717) is 29.1 Å². The molecule has 0 amide bonds. The maximum Gasteiger partial charge on any atom is 0.260 e. The number of nitrogens with zero attached hydrogens (tertiary/aromatic N) is 1. The number of aromatic nitrogens is 2. The second-order valence-corrected chi connectivity index (χ2v) is 5.06. The van der Waals surface area contributed by atoms with Crippen LogP contribution in [0.1, 0.15) is 19.3 Å². The zero-order chi connectivity index (χ0) is 13.9. The summed E-state index contributed by atoms with van der Waals surface area (Å²) < 4.78 is 5.63. The van der Waals surface area contributed by atoms with E-state index in [9.17, 15) is 4.79 Å². The van der Waals surface area contributed by atoms with Gasteiger partial charge in [0.05, 0.1) is 17.0 Å². The topological polar surface area (TPSA) is 93.0 Å². The molecule has 0 spiro atoms. The number of fused-ring (bicyclic) bond motifs is 1. The third-order valence-electron chi connectivity index (χ3n) is 3.50. The highest BCUT2D eigenvalue weighted by Gasteiger charge is 2.14. The van der Waals surface area contributed by atoms with Crippen LogP contribution in [0.25, 0.3) is 10.9 Å². The van der Waals surface area contributed by atoms with Crippen LogP contribution in [0, 0.1) is 0 Å². The Morgan fingerprint density at radius 1 is 1.45 bits per heavy atom. The minimum absolute atomic E-state index is 0.186. The highest BCUT2D eigenvalue weighted by molar-refractivity contribution is 5.81. The number of nitrogens with one attached hydrogen (secondary N) is 2. The van der Waals surface area contributed by atoms with E-state index in [0.717, 1.165) is 19.4 Å². The number of nitrogen functional groups attached to an aromatic ring is 1. The average Bonchev–Trinajstić information content (AvgIpc) is 2.47. The fourth-order valence-corrected chi connectivity index (χ4v) is 2.42. The second-order valence-electron chi connectivity index (χ2n) is 5.06. The summed E-state index contributed by atoms with van der Waals surface area (Å²) >= 11 is 0. The van der Waals surface area contributed by atoms with E-state index in [1.165, 1.54) is 6.42 Å². The molecular formula is C14H18N4O2. The van der Waals surface area contributed by atoms with Crippen LogP contribution < -0.4 is 16.6 Å². The lowest BCUT2D eigenvalue weighted by Gasteiger charge is -2.22. The van der Waals surface area contributed by atoms with Gasteiger partial charge in [-0.15, -0.1) is 0 Å². The van der Waals surface area contributed by atoms with Crippen molar-refractivity contribution in [1.82, 2.24) is 9.97 Å². The molecule has 0 radical (unpaired) electrons. The normalized spacial score (nSPS) is 19.1. The molecule has 2 aromatic rings. The third kappa shape index (κ3) is 2.75. The van der Waals surface area contributed by atoms with E-state index in [1.54, 1.807) is 18.2 Å². The molecule has 1 aliphatic rings. The van der Waals surface area contributed by atoms with Crippen LogP contribution in [0.2, 0.25) is 0 Å². The van der Waals surface area contributed by atoms with E-state index in [-0.39, 0.29) is 11.7 Å². The van der Waals surface area contributed by atoms with E-state index in [4.69, 9.17) is 10.5 Å². The summed E-state index contributed by atoms with van der Waals surface area (Å²) in [5.74, 6) is 0.474. The fraction of sp³-hybridized carbons (Fsp3) is 0.429. The van der Waals surface area contributed by atoms with Crippen molar-refractivity contribution in [2.45, 2.75) is 25.4 Å².